The van der Waals surface area contributed by atoms with Gasteiger partial charge in [0, 0.05) is 12.8 Å². The van der Waals surface area contributed by atoms with Crippen LogP contribution in [0, 0.1) is 12.3 Å². The Balaban J connectivity index is 2.07. The summed E-state index contributed by atoms with van der Waals surface area (Å²) in [4.78, 5) is 16.4. The van der Waals surface area contributed by atoms with Gasteiger partial charge >= 0.3 is 0 Å². The molecule has 0 unspecified atom stereocenters. The Hall–Kier alpha value is -1.79. The first kappa shape index (κ1) is 13.3. The third kappa shape index (κ3) is 6.39. The number of hydrogen-bond donors (Lipinski definition) is 1. The molecule has 0 aromatic heterocycles. The normalized spacial score (nSPS) is 9.59. The maximum absolute atomic E-state index is 11.3. The number of carbonyl (C=O) groups is 1. The van der Waals surface area contributed by atoms with Crippen LogP contribution in [0.3, 0.4) is 0 Å². The fourth-order valence-corrected chi connectivity index (χ4v) is 1.34. The van der Waals surface area contributed by atoms with E-state index >= 15 is 0 Å². The van der Waals surface area contributed by atoms with Gasteiger partial charge in [0.15, 0.2) is 0 Å². The Kier molecular flexibility index (Phi) is 6.54. The molecule has 1 rings (SSSR count). The smallest absolute Gasteiger partial charge is 0.243 e. The van der Waals surface area contributed by atoms with Crippen LogP contribution < -0.4 is 5.48 Å². The van der Waals surface area contributed by atoms with Crippen LogP contribution in [0.15, 0.2) is 30.3 Å². The van der Waals surface area contributed by atoms with Crippen LogP contribution in [-0.4, -0.2) is 5.91 Å². The van der Waals surface area contributed by atoms with Crippen molar-refractivity contribution in [2.24, 2.45) is 0 Å². The van der Waals surface area contributed by atoms with E-state index in [1.165, 1.54) is 0 Å². The molecule has 0 aliphatic carbocycles. The molecule has 0 fully saturated rings. The van der Waals surface area contributed by atoms with E-state index in [2.05, 4.69) is 11.4 Å². The lowest BCUT2D eigenvalue weighted by Crippen LogP contribution is -2.23. The summed E-state index contributed by atoms with van der Waals surface area (Å²) in [7, 11) is 0. The van der Waals surface area contributed by atoms with Crippen molar-refractivity contribution in [3.05, 3.63) is 35.9 Å². The molecule has 0 atom stereocenters. The Morgan fingerprint density at radius 1 is 1.29 bits per heavy atom. The van der Waals surface area contributed by atoms with Gasteiger partial charge in [-0.05, 0) is 18.4 Å². The van der Waals surface area contributed by atoms with E-state index in [0.717, 1.165) is 24.8 Å². The molecule has 17 heavy (non-hydrogen) atoms. The molecule has 0 radical (unpaired) electrons. The minimum absolute atomic E-state index is 0.0991. The SMILES string of the molecule is C#CCCCCC(=O)NOCc1ccccc1. The van der Waals surface area contributed by atoms with Crippen molar-refractivity contribution in [2.45, 2.75) is 32.3 Å². The molecule has 1 aromatic rings. The van der Waals surface area contributed by atoms with Gasteiger partial charge in [-0.3, -0.25) is 9.63 Å². The van der Waals surface area contributed by atoms with E-state index in [-0.39, 0.29) is 5.91 Å². The molecule has 0 spiro atoms. The van der Waals surface area contributed by atoms with Gasteiger partial charge in [-0.1, -0.05) is 30.3 Å². The number of unbranched alkanes of at least 4 members (excludes halogenated alkanes) is 2. The second-order valence-electron chi connectivity index (χ2n) is 3.71. The fraction of sp³-hybridized carbons (Fsp3) is 0.357. The summed E-state index contributed by atoms with van der Waals surface area (Å²) in [6.07, 6.45) is 7.96. The maximum atomic E-state index is 11.3. The summed E-state index contributed by atoms with van der Waals surface area (Å²) in [5.74, 6) is 2.44. The second-order valence-corrected chi connectivity index (χ2v) is 3.71. The number of hydroxylamine groups is 1. The maximum Gasteiger partial charge on any atom is 0.243 e. The summed E-state index contributed by atoms with van der Waals surface area (Å²) >= 11 is 0. The number of carbonyl (C=O) groups excluding carboxylic acids is 1. The molecule has 3 nitrogen and oxygen atoms in total. The van der Waals surface area contributed by atoms with Crippen LogP contribution in [0.4, 0.5) is 0 Å². The van der Waals surface area contributed by atoms with Crippen LogP contribution in [0.1, 0.15) is 31.2 Å². The number of hydrogen-bond acceptors (Lipinski definition) is 2. The van der Waals surface area contributed by atoms with E-state index < -0.39 is 0 Å². The van der Waals surface area contributed by atoms with Gasteiger partial charge in [0.2, 0.25) is 5.91 Å². The van der Waals surface area contributed by atoms with Crippen LogP contribution in [0.25, 0.3) is 0 Å². The molecule has 0 heterocycles. The van der Waals surface area contributed by atoms with Crippen molar-refractivity contribution in [2.75, 3.05) is 0 Å². The van der Waals surface area contributed by atoms with Crippen molar-refractivity contribution < 1.29 is 9.63 Å². The molecule has 90 valence electrons. The first-order valence-corrected chi connectivity index (χ1v) is 5.71. The zero-order valence-corrected chi connectivity index (χ0v) is 9.82. The number of rotatable bonds is 7. The molecule has 0 bridgehead atoms. The zero-order chi connectivity index (χ0) is 12.3. The molecular weight excluding hydrogens is 214 g/mol. The van der Waals surface area contributed by atoms with E-state index in [1.54, 1.807) is 0 Å². The summed E-state index contributed by atoms with van der Waals surface area (Å²) < 4.78 is 0. The Morgan fingerprint density at radius 2 is 2.06 bits per heavy atom. The van der Waals surface area contributed by atoms with Crippen molar-refractivity contribution in [3.63, 3.8) is 0 Å². The third-order valence-electron chi connectivity index (χ3n) is 2.24. The van der Waals surface area contributed by atoms with Crippen molar-refractivity contribution in [1.29, 1.82) is 0 Å². The van der Waals surface area contributed by atoms with E-state index in [0.29, 0.717) is 13.0 Å². The molecule has 3 heteroatoms. The topological polar surface area (TPSA) is 38.3 Å². The highest BCUT2D eigenvalue weighted by Crippen LogP contribution is 2.01. The summed E-state index contributed by atoms with van der Waals surface area (Å²) in [5, 5.41) is 0. The lowest BCUT2D eigenvalue weighted by atomic mass is 10.2. The van der Waals surface area contributed by atoms with Crippen LogP contribution >= 0.6 is 0 Å². The number of nitrogens with one attached hydrogen (secondary N) is 1. The summed E-state index contributed by atoms with van der Waals surface area (Å²) in [5.41, 5.74) is 3.45. The standard InChI is InChI=1S/C14H17NO2/c1-2-3-4-8-11-14(16)15-17-12-13-9-6-5-7-10-13/h1,5-7,9-10H,3-4,8,11-12H2,(H,15,16). The summed E-state index contributed by atoms with van der Waals surface area (Å²) in [6, 6.07) is 9.69. The minimum Gasteiger partial charge on any atom is -0.273 e. The Labute approximate surface area is 102 Å². The van der Waals surface area contributed by atoms with Crippen LogP contribution in [-0.2, 0) is 16.2 Å². The van der Waals surface area contributed by atoms with Gasteiger partial charge < -0.3 is 0 Å². The lowest BCUT2D eigenvalue weighted by molar-refractivity contribution is -0.134. The van der Waals surface area contributed by atoms with Gasteiger partial charge in [-0.25, -0.2) is 5.48 Å². The largest absolute Gasteiger partial charge is 0.273 e. The quantitative estimate of drug-likeness (QED) is 0.444. The van der Waals surface area contributed by atoms with Crippen molar-refractivity contribution >= 4 is 5.91 Å². The van der Waals surface area contributed by atoms with Crippen molar-refractivity contribution in [3.8, 4) is 12.3 Å². The highest BCUT2D eigenvalue weighted by molar-refractivity contribution is 5.74. The predicted molar refractivity (Wildman–Crippen MR) is 66.7 cm³/mol. The average Bonchev–Trinajstić information content (AvgIpc) is 2.36. The van der Waals surface area contributed by atoms with E-state index in [9.17, 15) is 4.79 Å². The molecule has 1 aromatic carbocycles. The van der Waals surface area contributed by atoms with Gasteiger partial charge in [0.05, 0.1) is 6.61 Å². The monoisotopic (exact) mass is 231 g/mol. The Bertz CT molecular complexity index is 368. The first-order valence-electron chi connectivity index (χ1n) is 5.71. The molecule has 0 aliphatic heterocycles. The number of benzene rings is 1. The number of amides is 1. The number of terminal acetylenes is 1. The van der Waals surface area contributed by atoms with Crippen LogP contribution in [0.5, 0.6) is 0 Å². The lowest BCUT2D eigenvalue weighted by Gasteiger charge is -2.05. The Morgan fingerprint density at radius 3 is 2.76 bits per heavy atom. The van der Waals surface area contributed by atoms with Crippen molar-refractivity contribution in [1.82, 2.24) is 5.48 Å². The average molecular weight is 231 g/mol. The van der Waals surface area contributed by atoms with Crippen LogP contribution in [0.2, 0.25) is 0 Å². The van der Waals surface area contributed by atoms with Gasteiger partial charge in [0.25, 0.3) is 0 Å². The summed E-state index contributed by atoms with van der Waals surface area (Å²) in [6.45, 7) is 0.386. The highest BCUT2D eigenvalue weighted by atomic mass is 16.6. The third-order valence-corrected chi connectivity index (χ3v) is 2.24. The highest BCUT2D eigenvalue weighted by Gasteiger charge is 2.00. The van der Waals surface area contributed by atoms with Gasteiger partial charge in [0.1, 0.15) is 0 Å². The minimum atomic E-state index is -0.0991. The predicted octanol–water partition coefficient (Wildman–Crippen LogP) is 2.43. The molecule has 1 amide bonds. The van der Waals surface area contributed by atoms with E-state index in [4.69, 9.17) is 11.3 Å². The molecule has 0 saturated heterocycles. The molecule has 1 N–H and O–H groups in total. The molecule has 0 saturated carbocycles. The molecular formula is C14H17NO2. The fourth-order valence-electron chi connectivity index (χ4n) is 1.34. The second kappa shape index (κ2) is 8.37. The zero-order valence-electron chi connectivity index (χ0n) is 9.82. The van der Waals surface area contributed by atoms with Gasteiger partial charge in [-0.15, -0.1) is 12.3 Å². The molecule has 0 aliphatic rings. The van der Waals surface area contributed by atoms with E-state index in [1.807, 2.05) is 30.3 Å². The van der Waals surface area contributed by atoms with Gasteiger partial charge in [-0.2, -0.15) is 0 Å². The first-order chi connectivity index (χ1) is 8.33.